The molecule has 5 nitrogen and oxygen atoms in total. The summed E-state index contributed by atoms with van der Waals surface area (Å²) < 4.78 is 12.4. The van der Waals surface area contributed by atoms with E-state index < -0.39 is 0 Å². The minimum Gasteiger partial charge on any atom is -0.508 e. The van der Waals surface area contributed by atoms with Gasteiger partial charge < -0.3 is 24.4 Å². The van der Waals surface area contributed by atoms with Crippen molar-refractivity contribution in [3.05, 3.63) is 24.3 Å². The van der Waals surface area contributed by atoms with Crippen molar-refractivity contribution in [2.75, 3.05) is 45.9 Å². The number of unbranched alkanes of at least 4 members (excludes halogenated alkanes) is 5. The van der Waals surface area contributed by atoms with E-state index >= 15 is 0 Å². The van der Waals surface area contributed by atoms with Crippen LogP contribution >= 0.6 is 0 Å². The van der Waals surface area contributed by atoms with Gasteiger partial charge in [-0.25, -0.2) is 0 Å². The molecule has 204 valence electrons. The van der Waals surface area contributed by atoms with E-state index in [1.165, 1.54) is 84.0 Å². The maximum absolute atomic E-state index is 9.59. The molecular weight excluding hydrogens is 436 g/mol. The molecule has 1 unspecified atom stereocenters. The zero-order valence-electron chi connectivity index (χ0n) is 23.5. The van der Waals surface area contributed by atoms with E-state index in [9.17, 15) is 5.11 Å². The van der Waals surface area contributed by atoms with E-state index in [-0.39, 0.29) is 12.0 Å². The normalized spacial score (nSPS) is 12.5. The summed E-state index contributed by atoms with van der Waals surface area (Å²) in [7, 11) is 0. The van der Waals surface area contributed by atoms with Crippen LogP contribution in [0.5, 0.6) is 11.5 Å². The zero-order valence-corrected chi connectivity index (χ0v) is 23.5. The standard InChI is InChI=1S/C30H56N2O3/c1-5-9-21-31(22-10-6-2)25-13-14-27-34-30(35-29-19-17-28(33)18-20-29)16-15-26-32(23-11-7-3)24-12-8-4/h17-20,30,33H,5-16,21-27H2,1-4H3. The molecule has 0 aromatic heterocycles. The lowest BCUT2D eigenvalue weighted by atomic mass is 10.2. The van der Waals surface area contributed by atoms with Crippen LogP contribution in [0.15, 0.2) is 24.3 Å². The monoisotopic (exact) mass is 492 g/mol. The van der Waals surface area contributed by atoms with Gasteiger partial charge in [-0.15, -0.1) is 0 Å². The van der Waals surface area contributed by atoms with Crippen LogP contribution in [0.25, 0.3) is 0 Å². The second kappa shape index (κ2) is 21.9. The van der Waals surface area contributed by atoms with Crippen molar-refractivity contribution < 1.29 is 14.6 Å². The van der Waals surface area contributed by atoms with Gasteiger partial charge in [0.15, 0.2) is 6.29 Å². The molecule has 1 atom stereocenters. The van der Waals surface area contributed by atoms with Crippen LogP contribution in [0, 0.1) is 0 Å². The molecule has 1 N–H and O–H groups in total. The highest BCUT2D eigenvalue weighted by Crippen LogP contribution is 2.19. The maximum atomic E-state index is 9.59. The summed E-state index contributed by atoms with van der Waals surface area (Å²) in [6.07, 6.45) is 14.0. The molecule has 0 aliphatic carbocycles. The summed E-state index contributed by atoms with van der Waals surface area (Å²) in [4.78, 5) is 5.23. The van der Waals surface area contributed by atoms with E-state index in [4.69, 9.17) is 9.47 Å². The van der Waals surface area contributed by atoms with E-state index in [1.54, 1.807) is 12.1 Å². The van der Waals surface area contributed by atoms with E-state index in [2.05, 4.69) is 37.5 Å². The number of aromatic hydroxyl groups is 1. The predicted octanol–water partition coefficient (Wildman–Crippen LogP) is 7.48. The third kappa shape index (κ3) is 16.9. The quantitative estimate of drug-likeness (QED) is 0.120. The molecule has 0 bridgehead atoms. The molecule has 0 amide bonds. The van der Waals surface area contributed by atoms with Crippen LogP contribution in [0.2, 0.25) is 0 Å². The fraction of sp³-hybridized carbons (Fsp3) is 0.800. The molecule has 0 saturated heterocycles. The fourth-order valence-corrected chi connectivity index (χ4v) is 4.18. The molecule has 1 rings (SSSR count). The van der Waals surface area contributed by atoms with Crippen LogP contribution in [-0.2, 0) is 4.74 Å². The smallest absolute Gasteiger partial charge is 0.199 e. The van der Waals surface area contributed by atoms with Crippen molar-refractivity contribution in [2.24, 2.45) is 0 Å². The Labute approximate surface area is 217 Å². The first-order valence-electron chi connectivity index (χ1n) is 14.6. The lowest BCUT2D eigenvalue weighted by molar-refractivity contribution is -0.0873. The second-order valence-electron chi connectivity index (χ2n) is 9.86. The molecule has 0 aliphatic rings. The van der Waals surface area contributed by atoms with Gasteiger partial charge >= 0.3 is 0 Å². The number of benzene rings is 1. The van der Waals surface area contributed by atoms with Crippen LogP contribution in [-0.4, -0.2) is 67.1 Å². The lowest BCUT2D eigenvalue weighted by Crippen LogP contribution is -2.29. The molecule has 0 saturated carbocycles. The highest BCUT2D eigenvalue weighted by Gasteiger charge is 2.13. The summed E-state index contributed by atoms with van der Waals surface area (Å²) in [6, 6.07) is 6.98. The number of rotatable bonds is 24. The molecule has 1 aromatic carbocycles. The number of phenolic OH excluding ortho intramolecular Hbond substituents is 1. The Morgan fingerprint density at radius 1 is 0.629 bits per heavy atom. The number of phenols is 1. The molecule has 1 aromatic rings. The molecule has 0 radical (unpaired) electrons. The fourth-order valence-electron chi connectivity index (χ4n) is 4.18. The van der Waals surface area contributed by atoms with Gasteiger partial charge in [0.2, 0.25) is 0 Å². The molecule has 0 aliphatic heterocycles. The van der Waals surface area contributed by atoms with Gasteiger partial charge in [0.1, 0.15) is 11.5 Å². The summed E-state index contributed by atoms with van der Waals surface area (Å²) in [5.74, 6) is 1.01. The Morgan fingerprint density at radius 2 is 1.09 bits per heavy atom. The Bertz CT molecular complexity index is 565. The topological polar surface area (TPSA) is 45.2 Å². The average Bonchev–Trinajstić information content (AvgIpc) is 2.87. The van der Waals surface area contributed by atoms with Gasteiger partial charge in [0.05, 0.1) is 6.61 Å². The molecule has 35 heavy (non-hydrogen) atoms. The van der Waals surface area contributed by atoms with Crippen LogP contribution in [0.1, 0.15) is 105 Å². The SMILES string of the molecule is CCCCN(CCCC)CCCCOC(CCCN(CCCC)CCCC)Oc1ccc(O)cc1. The first kappa shape index (κ1) is 31.7. The van der Waals surface area contributed by atoms with Crippen molar-refractivity contribution in [1.82, 2.24) is 9.80 Å². The third-order valence-corrected chi connectivity index (χ3v) is 6.50. The van der Waals surface area contributed by atoms with Crippen molar-refractivity contribution in [1.29, 1.82) is 0 Å². The zero-order chi connectivity index (χ0) is 25.6. The van der Waals surface area contributed by atoms with Gasteiger partial charge in [-0.1, -0.05) is 53.4 Å². The molecule has 0 heterocycles. The van der Waals surface area contributed by atoms with Gasteiger partial charge in [-0.3, -0.25) is 0 Å². The number of hydrogen-bond acceptors (Lipinski definition) is 5. The largest absolute Gasteiger partial charge is 0.508 e. The Kier molecular flexibility index (Phi) is 19.9. The summed E-state index contributed by atoms with van der Waals surface area (Å²) in [6.45, 7) is 16.9. The van der Waals surface area contributed by atoms with Crippen LogP contribution < -0.4 is 4.74 Å². The Morgan fingerprint density at radius 3 is 1.57 bits per heavy atom. The predicted molar refractivity (Wildman–Crippen MR) is 149 cm³/mol. The number of ether oxygens (including phenoxy) is 2. The van der Waals surface area contributed by atoms with Crippen molar-refractivity contribution in [3.8, 4) is 11.5 Å². The van der Waals surface area contributed by atoms with Crippen molar-refractivity contribution in [2.45, 2.75) is 111 Å². The third-order valence-electron chi connectivity index (χ3n) is 6.50. The Balaban J connectivity index is 2.51. The highest BCUT2D eigenvalue weighted by atomic mass is 16.7. The van der Waals surface area contributed by atoms with Crippen LogP contribution in [0.4, 0.5) is 0 Å². The molecule has 0 spiro atoms. The first-order chi connectivity index (χ1) is 17.1. The number of hydrogen-bond donors (Lipinski definition) is 1. The first-order valence-corrected chi connectivity index (χ1v) is 14.6. The molecule has 0 fully saturated rings. The summed E-state index contributed by atoms with van der Waals surface area (Å²) >= 11 is 0. The highest BCUT2D eigenvalue weighted by molar-refractivity contribution is 5.30. The van der Waals surface area contributed by atoms with Gasteiger partial charge in [0.25, 0.3) is 0 Å². The van der Waals surface area contributed by atoms with E-state index in [1.807, 2.05) is 12.1 Å². The van der Waals surface area contributed by atoms with Crippen molar-refractivity contribution in [3.63, 3.8) is 0 Å². The van der Waals surface area contributed by atoms with Crippen LogP contribution in [0.3, 0.4) is 0 Å². The minimum atomic E-state index is -0.241. The summed E-state index contributed by atoms with van der Waals surface area (Å²) in [5, 5.41) is 9.59. The molecule has 5 heteroatoms. The van der Waals surface area contributed by atoms with Gasteiger partial charge in [0, 0.05) is 6.42 Å². The van der Waals surface area contributed by atoms with Gasteiger partial charge in [-0.2, -0.15) is 0 Å². The Hall–Kier alpha value is -1.30. The van der Waals surface area contributed by atoms with E-state index in [0.29, 0.717) is 0 Å². The minimum absolute atomic E-state index is 0.241. The van der Waals surface area contributed by atoms with E-state index in [0.717, 1.165) is 44.7 Å². The van der Waals surface area contributed by atoms with Gasteiger partial charge in [-0.05, 0) is 108 Å². The maximum Gasteiger partial charge on any atom is 0.199 e. The van der Waals surface area contributed by atoms with Crippen molar-refractivity contribution >= 4 is 0 Å². The average molecular weight is 493 g/mol. The summed E-state index contributed by atoms with van der Waals surface area (Å²) in [5.41, 5.74) is 0. The molecular formula is C30H56N2O3. The number of nitrogens with zero attached hydrogens (tertiary/aromatic N) is 2. The lowest BCUT2D eigenvalue weighted by Gasteiger charge is -2.24. The second-order valence-corrected chi connectivity index (χ2v) is 9.86.